The Hall–Kier alpha value is -1.61. The summed E-state index contributed by atoms with van der Waals surface area (Å²) in [5.41, 5.74) is 4.72. The molecule has 0 bridgehead atoms. The number of halogens is 1. The molecule has 0 spiro atoms. The van der Waals surface area contributed by atoms with Gasteiger partial charge in [-0.1, -0.05) is 6.07 Å². The molecule has 1 unspecified atom stereocenters. The summed E-state index contributed by atoms with van der Waals surface area (Å²) in [6.45, 7) is 9.76. The largest absolute Gasteiger partial charge is 0.466 e. The zero-order chi connectivity index (χ0) is 15.0. The van der Waals surface area contributed by atoms with Gasteiger partial charge in [0.2, 0.25) is 0 Å². The Morgan fingerprint density at radius 2 is 1.65 bits per heavy atom. The third-order valence-corrected chi connectivity index (χ3v) is 3.96. The predicted octanol–water partition coefficient (Wildman–Crippen LogP) is 4.27. The van der Waals surface area contributed by atoms with Crippen LogP contribution >= 0.6 is 0 Å². The number of hydrogen-bond acceptors (Lipinski definition) is 2. The number of furan rings is 1. The zero-order valence-corrected chi connectivity index (χ0v) is 13.0. The van der Waals surface area contributed by atoms with Gasteiger partial charge >= 0.3 is 0 Å². The summed E-state index contributed by atoms with van der Waals surface area (Å²) in [5.74, 6) is 1.57. The molecule has 1 N–H and O–H groups in total. The number of rotatable bonds is 3. The van der Waals surface area contributed by atoms with Gasteiger partial charge in [-0.2, -0.15) is 0 Å². The second kappa shape index (κ2) is 5.41. The molecule has 0 amide bonds. The van der Waals surface area contributed by atoms with Crippen LogP contribution in [0.2, 0.25) is 0 Å². The van der Waals surface area contributed by atoms with Gasteiger partial charge in [-0.15, -0.1) is 0 Å². The second-order valence-electron chi connectivity index (χ2n) is 5.45. The second-order valence-corrected chi connectivity index (χ2v) is 5.45. The molecule has 0 aliphatic rings. The maximum absolute atomic E-state index is 14.4. The van der Waals surface area contributed by atoms with Crippen molar-refractivity contribution in [3.63, 3.8) is 0 Å². The summed E-state index contributed by atoms with van der Waals surface area (Å²) in [7, 11) is 1.85. The minimum Gasteiger partial charge on any atom is -0.466 e. The number of hydrogen-bond donors (Lipinski definition) is 1. The van der Waals surface area contributed by atoms with E-state index in [0.29, 0.717) is 5.56 Å². The first-order valence-corrected chi connectivity index (χ1v) is 6.87. The Bertz CT molecular complexity index is 620. The molecule has 0 saturated heterocycles. The lowest BCUT2D eigenvalue weighted by atomic mass is 9.91. The van der Waals surface area contributed by atoms with Crippen molar-refractivity contribution in [2.75, 3.05) is 7.05 Å². The summed E-state index contributed by atoms with van der Waals surface area (Å²) in [4.78, 5) is 0. The van der Waals surface area contributed by atoms with Crippen molar-refractivity contribution in [1.82, 2.24) is 5.32 Å². The molecule has 2 nitrogen and oxygen atoms in total. The third kappa shape index (κ3) is 2.38. The van der Waals surface area contributed by atoms with Gasteiger partial charge in [-0.3, -0.25) is 0 Å². The van der Waals surface area contributed by atoms with E-state index >= 15 is 0 Å². The van der Waals surface area contributed by atoms with Gasteiger partial charge in [0.25, 0.3) is 0 Å². The molecule has 1 aromatic carbocycles. The first-order chi connectivity index (χ1) is 9.36. The monoisotopic (exact) mass is 275 g/mol. The van der Waals surface area contributed by atoms with E-state index in [9.17, 15) is 4.39 Å². The molecule has 0 fully saturated rings. The van der Waals surface area contributed by atoms with Gasteiger partial charge in [0.1, 0.15) is 17.3 Å². The molecule has 0 radical (unpaired) electrons. The van der Waals surface area contributed by atoms with E-state index in [4.69, 9.17) is 4.42 Å². The van der Waals surface area contributed by atoms with Crippen molar-refractivity contribution >= 4 is 0 Å². The summed E-state index contributed by atoms with van der Waals surface area (Å²) < 4.78 is 20.1. The Morgan fingerprint density at radius 1 is 1.00 bits per heavy atom. The molecule has 1 aromatic heterocycles. The Kier molecular flexibility index (Phi) is 4.00. The first-order valence-electron chi connectivity index (χ1n) is 6.87. The average Bonchev–Trinajstić information content (AvgIpc) is 2.59. The molecule has 0 aliphatic carbocycles. The highest BCUT2D eigenvalue weighted by Gasteiger charge is 2.25. The van der Waals surface area contributed by atoms with E-state index in [1.165, 1.54) is 0 Å². The van der Waals surface area contributed by atoms with Crippen LogP contribution in [-0.2, 0) is 0 Å². The van der Waals surface area contributed by atoms with Crippen LogP contribution in [0.15, 0.2) is 16.5 Å². The predicted molar refractivity (Wildman–Crippen MR) is 79.7 cm³/mol. The molecule has 1 atom stereocenters. The number of aryl methyl sites for hydroxylation is 4. The van der Waals surface area contributed by atoms with Crippen LogP contribution in [0.3, 0.4) is 0 Å². The number of benzene rings is 1. The summed E-state index contributed by atoms with van der Waals surface area (Å²) in [6, 6.07) is 3.41. The molecular weight excluding hydrogens is 253 g/mol. The molecule has 2 rings (SSSR count). The van der Waals surface area contributed by atoms with Crippen molar-refractivity contribution in [2.45, 2.75) is 40.7 Å². The topological polar surface area (TPSA) is 25.2 Å². The zero-order valence-electron chi connectivity index (χ0n) is 13.0. The van der Waals surface area contributed by atoms with E-state index in [1.807, 2.05) is 47.7 Å². The van der Waals surface area contributed by atoms with Crippen LogP contribution in [0.1, 0.15) is 45.4 Å². The highest BCUT2D eigenvalue weighted by molar-refractivity contribution is 5.44. The maximum Gasteiger partial charge on any atom is 0.128 e. The molecule has 0 aliphatic heterocycles. The fourth-order valence-electron chi connectivity index (χ4n) is 2.96. The van der Waals surface area contributed by atoms with Gasteiger partial charge < -0.3 is 9.73 Å². The van der Waals surface area contributed by atoms with Crippen LogP contribution in [-0.4, -0.2) is 7.05 Å². The highest BCUT2D eigenvalue weighted by atomic mass is 19.1. The van der Waals surface area contributed by atoms with Gasteiger partial charge in [-0.25, -0.2) is 4.39 Å². The SMILES string of the molecule is CNC(c1c(C)cc(C)cc1F)c1c(C)oc(C)c1C. The fraction of sp³-hybridized carbons (Fsp3) is 0.412. The highest BCUT2D eigenvalue weighted by Crippen LogP contribution is 2.34. The third-order valence-electron chi connectivity index (χ3n) is 3.96. The van der Waals surface area contributed by atoms with Gasteiger partial charge in [-0.05, 0) is 64.4 Å². The lowest BCUT2D eigenvalue weighted by Crippen LogP contribution is -2.21. The van der Waals surface area contributed by atoms with Crippen LogP contribution in [0.5, 0.6) is 0 Å². The van der Waals surface area contributed by atoms with E-state index in [0.717, 1.165) is 33.8 Å². The fourth-order valence-corrected chi connectivity index (χ4v) is 2.96. The van der Waals surface area contributed by atoms with E-state index in [2.05, 4.69) is 5.32 Å². The maximum atomic E-state index is 14.4. The quantitative estimate of drug-likeness (QED) is 0.905. The minimum absolute atomic E-state index is 0.167. The molecule has 1 heterocycles. The standard InChI is InChI=1S/C17H22FNO/c1-9-7-10(2)15(14(18)8-9)17(19-6)16-11(3)12(4)20-13(16)5/h7-8,17,19H,1-6H3. The smallest absolute Gasteiger partial charge is 0.128 e. The normalized spacial score (nSPS) is 12.8. The van der Waals surface area contributed by atoms with Crippen molar-refractivity contribution in [2.24, 2.45) is 0 Å². The molecule has 20 heavy (non-hydrogen) atoms. The van der Waals surface area contributed by atoms with Crippen molar-refractivity contribution < 1.29 is 8.81 Å². The van der Waals surface area contributed by atoms with Crippen molar-refractivity contribution in [3.05, 3.63) is 57.3 Å². The van der Waals surface area contributed by atoms with E-state index in [-0.39, 0.29) is 11.9 Å². The summed E-state index contributed by atoms with van der Waals surface area (Å²) in [5, 5.41) is 3.23. The van der Waals surface area contributed by atoms with E-state index < -0.39 is 0 Å². The minimum atomic E-state index is -0.187. The van der Waals surface area contributed by atoms with E-state index in [1.54, 1.807) is 6.07 Å². The van der Waals surface area contributed by atoms with Crippen LogP contribution < -0.4 is 5.32 Å². The Labute approximate surface area is 120 Å². The van der Waals surface area contributed by atoms with Crippen LogP contribution in [0, 0.1) is 40.4 Å². The molecule has 0 saturated carbocycles. The molecule has 3 heteroatoms. The van der Waals surface area contributed by atoms with Crippen molar-refractivity contribution in [3.8, 4) is 0 Å². The van der Waals surface area contributed by atoms with Crippen molar-refractivity contribution in [1.29, 1.82) is 0 Å². The first kappa shape index (κ1) is 14.8. The van der Waals surface area contributed by atoms with Gasteiger partial charge in [0.05, 0.1) is 6.04 Å². The lowest BCUT2D eigenvalue weighted by molar-refractivity contribution is 0.493. The summed E-state index contributed by atoms with van der Waals surface area (Å²) >= 11 is 0. The molecule has 108 valence electrons. The number of nitrogens with one attached hydrogen (secondary N) is 1. The Balaban J connectivity index is 2.65. The summed E-state index contributed by atoms with van der Waals surface area (Å²) in [6.07, 6.45) is 0. The molecular formula is C17H22FNO. The van der Waals surface area contributed by atoms with Crippen LogP contribution in [0.25, 0.3) is 0 Å². The lowest BCUT2D eigenvalue weighted by Gasteiger charge is -2.21. The Morgan fingerprint density at radius 3 is 2.10 bits per heavy atom. The van der Waals surface area contributed by atoms with Crippen LogP contribution in [0.4, 0.5) is 4.39 Å². The average molecular weight is 275 g/mol. The molecule has 2 aromatic rings. The van der Waals surface area contributed by atoms with Gasteiger partial charge in [0, 0.05) is 11.1 Å². The van der Waals surface area contributed by atoms with Gasteiger partial charge in [0.15, 0.2) is 0 Å².